The highest BCUT2D eigenvalue weighted by Crippen LogP contribution is 2.39. The molecule has 3 heteroatoms. The van der Waals surface area contributed by atoms with Crippen molar-refractivity contribution in [3.8, 4) is 0 Å². The van der Waals surface area contributed by atoms with Gasteiger partial charge in [-0.05, 0) is 32.7 Å². The maximum atomic E-state index is 5.55. The van der Waals surface area contributed by atoms with Crippen molar-refractivity contribution in [2.45, 2.75) is 38.1 Å². The van der Waals surface area contributed by atoms with Crippen molar-refractivity contribution in [2.75, 3.05) is 6.54 Å². The number of nitrogens with two attached hydrogens (primary N) is 1. The molecule has 72 valence electrons. The third-order valence-electron chi connectivity index (χ3n) is 3.13. The minimum Gasteiger partial charge on any atom is -0.330 e. The fourth-order valence-electron chi connectivity index (χ4n) is 2.07. The molecule has 0 spiro atoms. The van der Waals surface area contributed by atoms with E-state index in [-0.39, 0.29) is 0 Å². The Bertz CT molecular complexity index is 286. The van der Waals surface area contributed by atoms with Gasteiger partial charge in [-0.25, -0.2) is 4.98 Å². The highest BCUT2D eigenvalue weighted by atomic mass is 15.1. The molecule has 3 nitrogen and oxygen atoms in total. The van der Waals surface area contributed by atoms with Crippen LogP contribution in [-0.4, -0.2) is 16.1 Å². The molecule has 0 aromatic carbocycles. The molecule has 0 atom stereocenters. The molecule has 13 heavy (non-hydrogen) atoms. The van der Waals surface area contributed by atoms with E-state index in [9.17, 15) is 0 Å². The summed E-state index contributed by atoms with van der Waals surface area (Å²) in [4.78, 5) is 4.20. The first-order valence-electron chi connectivity index (χ1n) is 4.98. The van der Waals surface area contributed by atoms with Crippen LogP contribution in [0.25, 0.3) is 0 Å². The van der Waals surface area contributed by atoms with Gasteiger partial charge < -0.3 is 10.3 Å². The first kappa shape index (κ1) is 8.75. The minimum atomic E-state index is 0.334. The molecule has 1 aromatic rings. The van der Waals surface area contributed by atoms with Gasteiger partial charge in [-0.3, -0.25) is 0 Å². The summed E-state index contributed by atoms with van der Waals surface area (Å²) in [5.74, 6) is 0. The number of imidazole rings is 1. The summed E-state index contributed by atoms with van der Waals surface area (Å²) in [6, 6.07) is 0. The van der Waals surface area contributed by atoms with E-state index in [1.807, 2.05) is 12.5 Å². The molecule has 1 aromatic heterocycles. The zero-order valence-corrected chi connectivity index (χ0v) is 8.16. The molecule has 0 amide bonds. The van der Waals surface area contributed by atoms with Crippen molar-refractivity contribution in [2.24, 2.45) is 5.73 Å². The lowest BCUT2D eigenvalue weighted by Gasteiger charge is -2.40. The lowest BCUT2D eigenvalue weighted by atomic mass is 9.78. The van der Waals surface area contributed by atoms with E-state index >= 15 is 0 Å². The summed E-state index contributed by atoms with van der Waals surface area (Å²) in [6.45, 7) is 3.01. The lowest BCUT2D eigenvalue weighted by molar-refractivity contribution is 0.164. The number of hydrogen-bond acceptors (Lipinski definition) is 2. The van der Waals surface area contributed by atoms with Gasteiger partial charge in [-0.2, -0.15) is 0 Å². The Kier molecular flexibility index (Phi) is 2.12. The molecule has 0 radical (unpaired) electrons. The predicted octanol–water partition coefficient (Wildman–Crippen LogP) is 1.28. The summed E-state index contributed by atoms with van der Waals surface area (Å²) in [5, 5.41) is 0. The first-order chi connectivity index (χ1) is 6.26. The zero-order valence-electron chi connectivity index (χ0n) is 8.16. The normalized spacial score (nSPS) is 19.8. The van der Waals surface area contributed by atoms with Crippen molar-refractivity contribution in [3.05, 3.63) is 18.2 Å². The van der Waals surface area contributed by atoms with Gasteiger partial charge in [-0.15, -0.1) is 0 Å². The maximum Gasteiger partial charge on any atom is 0.0953 e. The van der Waals surface area contributed by atoms with E-state index < -0.39 is 0 Å². The molecular weight excluding hydrogens is 162 g/mol. The number of aromatic nitrogens is 2. The van der Waals surface area contributed by atoms with Gasteiger partial charge in [0, 0.05) is 23.9 Å². The fourth-order valence-corrected chi connectivity index (χ4v) is 2.07. The minimum absolute atomic E-state index is 0.334. The van der Waals surface area contributed by atoms with Crippen LogP contribution < -0.4 is 5.73 Å². The van der Waals surface area contributed by atoms with E-state index in [2.05, 4.69) is 16.5 Å². The second-order valence-electron chi connectivity index (χ2n) is 4.14. The molecule has 2 rings (SSSR count). The van der Waals surface area contributed by atoms with Gasteiger partial charge >= 0.3 is 0 Å². The molecule has 1 saturated carbocycles. The van der Waals surface area contributed by atoms with Gasteiger partial charge in [0.1, 0.15) is 0 Å². The van der Waals surface area contributed by atoms with Crippen LogP contribution in [0.15, 0.2) is 12.5 Å². The zero-order chi connectivity index (χ0) is 9.31. The topological polar surface area (TPSA) is 43.8 Å². The van der Waals surface area contributed by atoms with Gasteiger partial charge in [-0.1, -0.05) is 0 Å². The summed E-state index contributed by atoms with van der Waals surface area (Å²) < 4.78 is 2.31. The Morgan fingerprint density at radius 2 is 2.38 bits per heavy atom. The van der Waals surface area contributed by atoms with Crippen molar-refractivity contribution in [1.29, 1.82) is 0 Å². The third kappa shape index (κ3) is 1.37. The van der Waals surface area contributed by atoms with Crippen LogP contribution in [0.3, 0.4) is 0 Å². The van der Waals surface area contributed by atoms with Crippen molar-refractivity contribution in [3.63, 3.8) is 0 Å². The van der Waals surface area contributed by atoms with E-state index in [0.717, 1.165) is 6.42 Å². The van der Waals surface area contributed by atoms with Crippen LogP contribution >= 0.6 is 0 Å². The Morgan fingerprint density at radius 1 is 1.62 bits per heavy atom. The van der Waals surface area contributed by atoms with Crippen LogP contribution in [0.4, 0.5) is 0 Å². The molecule has 0 aliphatic heterocycles. The number of nitrogens with zero attached hydrogens (tertiary/aromatic N) is 2. The molecular formula is C10H17N3. The van der Waals surface area contributed by atoms with E-state index in [4.69, 9.17) is 5.73 Å². The van der Waals surface area contributed by atoms with E-state index in [0.29, 0.717) is 12.1 Å². The third-order valence-corrected chi connectivity index (χ3v) is 3.13. The highest BCUT2D eigenvalue weighted by molar-refractivity contribution is 5.06. The number of rotatable bonds is 3. The molecule has 1 fully saturated rings. The SMILES string of the molecule is CC1(n2cncc2CCN)CCC1. The molecule has 0 bridgehead atoms. The fraction of sp³-hybridized carbons (Fsp3) is 0.700. The molecule has 2 N–H and O–H groups in total. The Morgan fingerprint density at radius 3 is 2.92 bits per heavy atom. The van der Waals surface area contributed by atoms with Crippen molar-refractivity contribution >= 4 is 0 Å². The number of hydrogen-bond donors (Lipinski definition) is 1. The van der Waals surface area contributed by atoms with Crippen molar-refractivity contribution in [1.82, 2.24) is 9.55 Å². The van der Waals surface area contributed by atoms with Gasteiger partial charge in [0.2, 0.25) is 0 Å². The quantitative estimate of drug-likeness (QED) is 0.759. The lowest BCUT2D eigenvalue weighted by Crippen LogP contribution is -2.38. The smallest absolute Gasteiger partial charge is 0.0953 e. The molecule has 1 aliphatic rings. The van der Waals surface area contributed by atoms with Gasteiger partial charge in [0.05, 0.1) is 6.33 Å². The Hall–Kier alpha value is -0.830. The van der Waals surface area contributed by atoms with Crippen LogP contribution in [0, 0.1) is 0 Å². The molecule has 1 heterocycles. The Balaban J connectivity index is 2.23. The maximum absolute atomic E-state index is 5.55. The van der Waals surface area contributed by atoms with Crippen LogP contribution in [-0.2, 0) is 12.0 Å². The first-order valence-corrected chi connectivity index (χ1v) is 4.98. The summed E-state index contributed by atoms with van der Waals surface area (Å²) in [5.41, 5.74) is 7.17. The van der Waals surface area contributed by atoms with Crippen LogP contribution in [0.2, 0.25) is 0 Å². The standard InChI is InChI=1S/C10H17N3/c1-10(4-2-5-10)13-8-12-7-9(13)3-6-11/h7-8H,2-6,11H2,1H3. The van der Waals surface area contributed by atoms with Crippen LogP contribution in [0.1, 0.15) is 31.9 Å². The average Bonchev–Trinajstić information content (AvgIpc) is 2.49. The summed E-state index contributed by atoms with van der Waals surface area (Å²) in [7, 11) is 0. The summed E-state index contributed by atoms with van der Waals surface area (Å²) in [6.07, 6.45) is 8.73. The Labute approximate surface area is 79.0 Å². The summed E-state index contributed by atoms with van der Waals surface area (Å²) >= 11 is 0. The van der Waals surface area contributed by atoms with Gasteiger partial charge in [0.25, 0.3) is 0 Å². The highest BCUT2D eigenvalue weighted by Gasteiger charge is 2.34. The van der Waals surface area contributed by atoms with E-state index in [1.165, 1.54) is 25.0 Å². The van der Waals surface area contributed by atoms with Crippen LogP contribution in [0.5, 0.6) is 0 Å². The van der Waals surface area contributed by atoms with Gasteiger partial charge in [0.15, 0.2) is 0 Å². The van der Waals surface area contributed by atoms with Crippen molar-refractivity contribution < 1.29 is 0 Å². The van der Waals surface area contributed by atoms with E-state index in [1.54, 1.807) is 0 Å². The largest absolute Gasteiger partial charge is 0.330 e. The molecule has 0 unspecified atom stereocenters. The second kappa shape index (κ2) is 3.14. The second-order valence-corrected chi connectivity index (χ2v) is 4.14. The predicted molar refractivity (Wildman–Crippen MR) is 52.5 cm³/mol. The monoisotopic (exact) mass is 179 g/mol. The molecule has 1 aliphatic carbocycles. The average molecular weight is 179 g/mol. The molecule has 0 saturated heterocycles.